The summed E-state index contributed by atoms with van der Waals surface area (Å²) >= 11 is 0. The molecule has 20 heavy (non-hydrogen) atoms. The molecule has 2 rings (SSSR count). The largest absolute Gasteiger partial charge is 0.497 e. The Kier molecular flexibility index (Phi) is 5.83. The molecule has 2 N–H and O–H groups in total. The molecule has 1 aliphatic rings. The van der Waals surface area contributed by atoms with E-state index in [-0.39, 0.29) is 6.10 Å². The van der Waals surface area contributed by atoms with Gasteiger partial charge in [-0.1, -0.05) is 12.1 Å². The van der Waals surface area contributed by atoms with E-state index in [1.165, 1.54) is 5.56 Å². The van der Waals surface area contributed by atoms with Gasteiger partial charge in [-0.3, -0.25) is 4.90 Å². The predicted octanol–water partition coefficient (Wildman–Crippen LogP) is 1.68. The van der Waals surface area contributed by atoms with Gasteiger partial charge in [0.1, 0.15) is 5.75 Å². The highest BCUT2D eigenvalue weighted by Gasteiger charge is 2.22. The van der Waals surface area contributed by atoms with Crippen LogP contribution in [-0.2, 0) is 11.2 Å². The Morgan fingerprint density at radius 2 is 2.15 bits per heavy atom. The van der Waals surface area contributed by atoms with Gasteiger partial charge in [0.15, 0.2) is 0 Å². The van der Waals surface area contributed by atoms with Crippen LogP contribution in [-0.4, -0.2) is 50.4 Å². The van der Waals surface area contributed by atoms with E-state index in [4.69, 9.17) is 15.2 Å². The van der Waals surface area contributed by atoms with Crippen molar-refractivity contribution in [1.29, 1.82) is 0 Å². The van der Waals surface area contributed by atoms with Gasteiger partial charge in [-0.05, 0) is 37.5 Å². The van der Waals surface area contributed by atoms with Gasteiger partial charge in [-0.25, -0.2) is 0 Å². The lowest BCUT2D eigenvalue weighted by molar-refractivity contribution is -0.0368. The molecule has 0 radical (unpaired) electrons. The fraction of sp³-hybridized carbons (Fsp3) is 0.625. The number of morpholine rings is 1. The van der Waals surface area contributed by atoms with Crippen LogP contribution in [0.25, 0.3) is 0 Å². The lowest BCUT2D eigenvalue weighted by Crippen LogP contribution is -2.49. The van der Waals surface area contributed by atoms with Crippen molar-refractivity contribution >= 4 is 0 Å². The number of ether oxygens (including phenoxy) is 2. The summed E-state index contributed by atoms with van der Waals surface area (Å²) in [6.07, 6.45) is 2.45. The van der Waals surface area contributed by atoms with Crippen molar-refractivity contribution in [2.75, 3.05) is 33.4 Å². The second-order valence-corrected chi connectivity index (χ2v) is 5.46. The second kappa shape index (κ2) is 7.62. The van der Waals surface area contributed by atoms with Crippen LogP contribution in [0.15, 0.2) is 24.3 Å². The Morgan fingerprint density at radius 3 is 2.80 bits per heavy atom. The van der Waals surface area contributed by atoms with Gasteiger partial charge < -0.3 is 15.2 Å². The molecule has 0 aromatic heterocycles. The Labute approximate surface area is 121 Å². The monoisotopic (exact) mass is 278 g/mol. The van der Waals surface area contributed by atoms with Crippen molar-refractivity contribution in [2.45, 2.75) is 31.9 Å². The average Bonchev–Trinajstić information content (AvgIpc) is 2.53. The smallest absolute Gasteiger partial charge is 0.118 e. The summed E-state index contributed by atoms with van der Waals surface area (Å²) in [7, 11) is 1.70. The fourth-order valence-corrected chi connectivity index (χ4v) is 2.64. The summed E-state index contributed by atoms with van der Waals surface area (Å²) in [6, 6.07) is 8.91. The third-order valence-corrected chi connectivity index (χ3v) is 4.07. The summed E-state index contributed by atoms with van der Waals surface area (Å²) in [4.78, 5) is 2.49. The highest BCUT2D eigenvalue weighted by Crippen LogP contribution is 2.16. The standard InChI is InChI=1S/C16H26N2O2/c1-13(18-9-10-20-16(11-17)12-18)3-4-14-5-7-15(19-2)8-6-14/h5-8,13,16H,3-4,9-12,17H2,1-2H3. The molecule has 2 unspecified atom stereocenters. The van der Waals surface area contributed by atoms with Crippen molar-refractivity contribution < 1.29 is 9.47 Å². The van der Waals surface area contributed by atoms with Crippen LogP contribution in [0, 0.1) is 0 Å². The van der Waals surface area contributed by atoms with Crippen molar-refractivity contribution in [1.82, 2.24) is 4.90 Å². The quantitative estimate of drug-likeness (QED) is 0.860. The summed E-state index contributed by atoms with van der Waals surface area (Å²) in [5, 5.41) is 0. The number of nitrogens with two attached hydrogens (primary N) is 1. The van der Waals surface area contributed by atoms with Gasteiger partial charge in [0, 0.05) is 25.7 Å². The normalized spacial score (nSPS) is 21.6. The van der Waals surface area contributed by atoms with Crippen LogP contribution in [0.3, 0.4) is 0 Å². The SMILES string of the molecule is COc1ccc(CCC(C)N2CCOC(CN)C2)cc1. The maximum absolute atomic E-state index is 5.69. The van der Waals surface area contributed by atoms with Gasteiger partial charge in [0.2, 0.25) is 0 Å². The van der Waals surface area contributed by atoms with Crippen LogP contribution in [0.1, 0.15) is 18.9 Å². The molecule has 2 atom stereocenters. The molecule has 0 aliphatic carbocycles. The van der Waals surface area contributed by atoms with E-state index in [1.807, 2.05) is 12.1 Å². The third-order valence-electron chi connectivity index (χ3n) is 4.07. The van der Waals surface area contributed by atoms with Crippen LogP contribution in [0.5, 0.6) is 5.75 Å². The number of hydrogen-bond acceptors (Lipinski definition) is 4. The highest BCUT2D eigenvalue weighted by molar-refractivity contribution is 5.27. The molecule has 1 aliphatic heterocycles. The number of rotatable bonds is 6. The molecule has 0 saturated carbocycles. The lowest BCUT2D eigenvalue weighted by Gasteiger charge is -2.36. The van der Waals surface area contributed by atoms with Crippen LogP contribution in [0.4, 0.5) is 0 Å². The van der Waals surface area contributed by atoms with Crippen molar-refractivity contribution in [2.24, 2.45) is 5.73 Å². The van der Waals surface area contributed by atoms with Gasteiger partial charge >= 0.3 is 0 Å². The van der Waals surface area contributed by atoms with E-state index in [1.54, 1.807) is 7.11 Å². The van der Waals surface area contributed by atoms with E-state index in [2.05, 4.69) is 24.0 Å². The van der Waals surface area contributed by atoms with Gasteiger partial charge in [0.25, 0.3) is 0 Å². The van der Waals surface area contributed by atoms with E-state index in [0.717, 1.165) is 38.3 Å². The fourth-order valence-electron chi connectivity index (χ4n) is 2.64. The van der Waals surface area contributed by atoms with E-state index < -0.39 is 0 Å². The molecule has 1 saturated heterocycles. The first-order valence-corrected chi connectivity index (χ1v) is 7.41. The second-order valence-electron chi connectivity index (χ2n) is 5.46. The number of aryl methyl sites for hydroxylation is 1. The Hall–Kier alpha value is -1.10. The zero-order valence-corrected chi connectivity index (χ0v) is 12.5. The molecule has 1 aromatic carbocycles. The van der Waals surface area contributed by atoms with E-state index in [0.29, 0.717) is 12.6 Å². The number of benzene rings is 1. The summed E-state index contributed by atoms with van der Waals surface area (Å²) in [6.45, 7) is 5.68. The van der Waals surface area contributed by atoms with E-state index >= 15 is 0 Å². The minimum absolute atomic E-state index is 0.201. The molecular weight excluding hydrogens is 252 g/mol. The summed E-state index contributed by atoms with van der Waals surface area (Å²) in [5.74, 6) is 0.917. The maximum atomic E-state index is 5.69. The number of methoxy groups -OCH3 is 1. The van der Waals surface area contributed by atoms with Crippen LogP contribution < -0.4 is 10.5 Å². The van der Waals surface area contributed by atoms with E-state index in [9.17, 15) is 0 Å². The third kappa shape index (κ3) is 4.20. The Bertz CT molecular complexity index is 394. The molecule has 1 aromatic rings. The summed E-state index contributed by atoms with van der Waals surface area (Å²) < 4.78 is 10.8. The molecule has 1 heterocycles. The topological polar surface area (TPSA) is 47.7 Å². The minimum Gasteiger partial charge on any atom is -0.497 e. The number of nitrogens with zero attached hydrogens (tertiary/aromatic N) is 1. The first-order chi connectivity index (χ1) is 9.72. The van der Waals surface area contributed by atoms with Crippen molar-refractivity contribution in [3.8, 4) is 5.75 Å². The average molecular weight is 278 g/mol. The first-order valence-electron chi connectivity index (χ1n) is 7.41. The predicted molar refractivity (Wildman–Crippen MR) is 81.1 cm³/mol. The highest BCUT2D eigenvalue weighted by atomic mass is 16.5. The zero-order valence-electron chi connectivity index (χ0n) is 12.5. The molecule has 0 amide bonds. The number of hydrogen-bond donors (Lipinski definition) is 1. The Balaban J connectivity index is 1.80. The van der Waals surface area contributed by atoms with Crippen LogP contribution in [0.2, 0.25) is 0 Å². The maximum Gasteiger partial charge on any atom is 0.118 e. The lowest BCUT2D eigenvalue weighted by atomic mass is 10.0. The molecule has 1 fully saturated rings. The van der Waals surface area contributed by atoms with Gasteiger partial charge in [-0.15, -0.1) is 0 Å². The Morgan fingerprint density at radius 1 is 1.40 bits per heavy atom. The zero-order chi connectivity index (χ0) is 14.4. The van der Waals surface area contributed by atoms with Gasteiger partial charge in [-0.2, -0.15) is 0 Å². The minimum atomic E-state index is 0.201. The first kappa shape index (κ1) is 15.3. The molecule has 0 bridgehead atoms. The molecule has 4 heteroatoms. The molecule has 112 valence electrons. The molecular formula is C16H26N2O2. The van der Waals surface area contributed by atoms with Crippen molar-refractivity contribution in [3.63, 3.8) is 0 Å². The molecule has 0 spiro atoms. The van der Waals surface area contributed by atoms with Crippen molar-refractivity contribution in [3.05, 3.63) is 29.8 Å². The van der Waals surface area contributed by atoms with Gasteiger partial charge in [0.05, 0.1) is 19.8 Å². The molecule has 4 nitrogen and oxygen atoms in total. The van der Waals surface area contributed by atoms with Crippen LogP contribution >= 0.6 is 0 Å². The summed E-state index contributed by atoms with van der Waals surface area (Å²) in [5.41, 5.74) is 7.06.